The molecule has 0 saturated heterocycles. The first kappa shape index (κ1) is 90.1. The van der Waals surface area contributed by atoms with Crippen LogP contribution in [0.2, 0.25) is 5.15 Å². The molecule has 2 saturated carbocycles. The monoisotopic (exact) mass is 1770 g/mol. The second-order valence-electron chi connectivity index (χ2n) is 24.9. The maximum absolute atomic E-state index is 12.1. The second-order valence-corrected chi connectivity index (χ2v) is 25.3. The smallest absolute Gasteiger partial charge is 0.346 e. The first-order valence-electron chi connectivity index (χ1n) is 35.4. The fourth-order valence-electron chi connectivity index (χ4n) is 9.25. The lowest BCUT2D eigenvalue weighted by molar-refractivity contribution is -0.138. The predicted octanol–water partition coefficient (Wildman–Crippen LogP) is -3.38. The second kappa shape index (κ2) is 41.4. The summed E-state index contributed by atoms with van der Waals surface area (Å²) in [6.07, 6.45) is 23.3. The Labute approximate surface area is 703 Å². The quantitative estimate of drug-likeness (QED) is 0.0748. The summed E-state index contributed by atoms with van der Waals surface area (Å²) in [5, 5.41) is 15.6. The van der Waals surface area contributed by atoms with Crippen molar-refractivity contribution in [3.05, 3.63) is 206 Å². The maximum Gasteiger partial charge on any atom is 0.346 e. The SMILES string of the molecule is Cc1c[nH]c(=O)[nH]c1=O.Cc1cnc(=O)[nH]c1N.Nc1[nH]c(=O)ncc1F.Nc1ccnc(=O)[nH]1.Nc1nc(Cl)c2[nH]cnc2n1.Nc1nc(N)c2[nH]cnc2n1.Nc1nc(NC2(C(=O)O)CC2)c2[nH]cnc2n1.Nc1nc(NC2CC2)c2[nH]cnc2n1.Nc1nc2nc[nH]c2c(=O)[nH]1.Nc1ncc2[nH]cnc2n1.Nc1ncnc2nc[nH]c12.O=c1cc[nH]c(=O)[nH]1. The van der Waals surface area contributed by atoms with Gasteiger partial charge >= 0.3 is 34.4 Å². The summed E-state index contributed by atoms with van der Waals surface area (Å²) in [5.41, 5.74) is 63.7. The van der Waals surface area contributed by atoms with Crippen molar-refractivity contribution in [2.45, 2.75) is 51.1 Å². The number of hydrogen-bond donors (Lipinski definition) is 29. The van der Waals surface area contributed by atoms with Crippen molar-refractivity contribution in [2.75, 3.05) is 73.7 Å². The zero-order valence-electron chi connectivity index (χ0n) is 65.2. The summed E-state index contributed by atoms with van der Waals surface area (Å²) in [6, 6.07) is 3.29. The number of aryl methyl sites for hydroxylation is 2. The Morgan fingerprint density at radius 1 is 0.441 bits per heavy atom. The molecule has 0 spiro atoms. The highest BCUT2D eigenvalue weighted by atomic mass is 35.5. The number of nitrogens with one attached hydrogen (secondary N) is 17. The first-order valence-corrected chi connectivity index (χ1v) is 35.8. The third-order valence-electron chi connectivity index (χ3n) is 15.6. The molecule has 40 N–H and O–H groups in total. The molecule has 0 aliphatic heterocycles. The molecule has 0 bridgehead atoms. The zero-order chi connectivity index (χ0) is 91.6. The minimum atomic E-state index is -0.918. The largest absolute Gasteiger partial charge is 0.480 e. The molecular formula is C64H71ClFN51O10. The number of rotatable bonds is 5. The molecular weight excluding hydrogens is 1700 g/mol. The first-order chi connectivity index (χ1) is 60.7. The highest BCUT2D eigenvalue weighted by Gasteiger charge is 2.51. The number of carbonyl (C=O) groups is 1. The van der Waals surface area contributed by atoms with Crippen molar-refractivity contribution in [2.24, 2.45) is 0 Å². The number of aromatic nitrogens is 38. The normalized spacial score (nSPS) is 11.6. The minimum Gasteiger partial charge on any atom is -0.480 e. The minimum absolute atomic E-state index is 0.0632. The summed E-state index contributed by atoms with van der Waals surface area (Å²) in [6.45, 7) is 3.40. The van der Waals surface area contributed by atoms with E-state index in [1.165, 1.54) is 87.7 Å². The molecule has 63 heteroatoms. The van der Waals surface area contributed by atoms with E-state index < -0.39 is 45.8 Å². The van der Waals surface area contributed by atoms with Crippen LogP contribution in [0.3, 0.4) is 0 Å². The molecule has 19 aromatic heterocycles. The van der Waals surface area contributed by atoms with Gasteiger partial charge in [-0.3, -0.25) is 44.3 Å². The number of nitrogen functional groups attached to an aromatic ring is 11. The molecule has 0 unspecified atom stereocenters. The van der Waals surface area contributed by atoms with E-state index in [4.69, 9.17) is 79.8 Å². The van der Waals surface area contributed by atoms with E-state index in [0.717, 1.165) is 28.6 Å². The third kappa shape index (κ3) is 26.1. The lowest BCUT2D eigenvalue weighted by atomic mass is 10.2. The molecule has 0 amide bonds. The van der Waals surface area contributed by atoms with Crippen molar-refractivity contribution in [1.82, 2.24) is 189 Å². The Morgan fingerprint density at radius 2 is 0.945 bits per heavy atom. The summed E-state index contributed by atoms with van der Waals surface area (Å²) in [7, 11) is 0. The number of hydrogen-bond acceptors (Lipinski definition) is 45. The van der Waals surface area contributed by atoms with E-state index >= 15 is 0 Å². The van der Waals surface area contributed by atoms with Gasteiger partial charge in [-0.1, -0.05) is 11.6 Å². The summed E-state index contributed by atoms with van der Waals surface area (Å²) in [5.74, 6) is 1.66. The molecule has 127 heavy (non-hydrogen) atoms. The lowest BCUT2D eigenvalue weighted by Crippen LogP contribution is -2.32. The van der Waals surface area contributed by atoms with Gasteiger partial charge in [-0.2, -0.15) is 54.8 Å². The van der Waals surface area contributed by atoms with Crippen LogP contribution in [-0.2, 0) is 4.79 Å². The number of H-pyrrole nitrogens is 15. The highest BCUT2D eigenvalue weighted by Crippen LogP contribution is 2.40. The van der Waals surface area contributed by atoms with Crippen LogP contribution in [0.5, 0.6) is 0 Å². The number of carboxylic acids is 1. The van der Waals surface area contributed by atoms with Crippen LogP contribution >= 0.6 is 11.6 Å². The fourth-order valence-corrected chi connectivity index (χ4v) is 9.47. The van der Waals surface area contributed by atoms with Crippen LogP contribution < -0.4 is 119 Å². The van der Waals surface area contributed by atoms with Gasteiger partial charge < -0.3 is 124 Å². The Hall–Kier alpha value is -19.3. The van der Waals surface area contributed by atoms with Gasteiger partial charge in [0.15, 0.2) is 79.3 Å². The molecule has 19 heterocycles. The Morgan fingerprint density at radius 3 is 1.47 bits per heavy atom. The van der Waals surface area contributed by atoms with Crippen LogP contribution in [0.4, 0.5) is 80.8 Å². The number of anilines is 13. The average molecular weight is 1770 g/mol. The Balaban J connectivity index is 0.000000145. The van der Waals surface area contributed by atoms with Crippen LogP contribution in [0.25, 0.3) is 78.1 Å². The molecule has 2 aliphatic carbocycles. The summed E-state index contributed by atoms with van der Waals surface area (Å²) < 4.78 is 12.1. The lowest BCUT2D eigenvalue weighted by Gasteiger charge is -2.13. The Kier molecular flexibility index (Phi) is 29.4. The highest BCUT2D eigenvalue weighted by molar-refractivity contribution is 6.33. The van der Waals surface area contributed by atoms with E-state index in [0.29, 0.717) is 126 Å². The van der Waals surface area contributed by atoms with Crippen LogP contribution in [0.15, 0.2) is 138 Å². The van der Waals surface area contributed by atoms with Crippen LogP contribution in [0.1, 0.15) is 36.8 Å². The van der Waals surface area contributed by atoms with Gasteiger partial charge in [0.1, 0.15) is 62.4 Å². The van der Waals surface area contributed by atoms with Gasteiger partial charge in [0.05, 0.1) is 56.7 Å². The molecule has 21 rings (SSSR count). The van der Waals surface area contributed by atoms with Crippen molar-refractivity contribution in [3.8, 4) is 0 Å². The Bertz CT molecular complexity index is 7320. The topological polar surface area (TPSA) is 1020 Å². The molecule has 2 fully saturated rings. The van der Waals surface area contributed by atoms with Crippen molar-refractivity contribution < 1.29 is 14.3 Å². The van der Waals surface area contributed by atoms with Gasteiger partial charge in [0.2, 0.25) is 35.7 Å². The maximum atomic E-state index is 12.1. The molecule has 19 aromatic rings. The predicted molar refractivity (Wildman–Crippen MR) is 457 cm³/mol. The van der Waals surface area contributed by atoms with Gasteiger partial charge in [-0.25, -0.2) is 93.0 Å². The number of aromatic amines is 15. The van der Waals surface area contributed by atoms with E-state index in [1.54, 1.807) is 32.7 Å². The number of nitrogens with two attached hydrogens (primary N) is 11. The molecule has 2 aliphatic rings. The van der Waals surface area contributed by atoms with Crippen molar-refractivity contribution in [1.29, 1.82) is 0 Å². The van der Waals surface area contributed by atoms with Crippen molar-refractivity contribution in [3.63, 3.8) is 0 Å². The van der Waals surface area contributed by atoms with Gasteiger partial charge in [0, 0.05) is 48.0 Å². The van der Waals surface area contributed by atoms with Crippen LogP contribution in [-0.4, -0.2) is 212 Å². The number of carboxylic acid groups (broad SMARTS) is 1. The third-order valence-corrected chi connectivity index (χ3v) is 15.9. The van der Waals surface area contributed by atoms with E-state index in [1.807, 2.05) is 9.97 Å². The van der Waals surface area contributed by atoms with E-state index in [2.05, 4.69) is 190 Å². The standard InChI is InChI=1S/C9H10N6O2.C8H10N6.C5H4ClN5.C5H6N6.C5H5N5O.2C5H5N5.C5H7N3O.C5H6N2O2.C4H4FN3O.C4H5N3O.C4H4N2O2/c10-8-13-5-4(11-3-12-5)6(14-8)15-9(1-2-9)7(16)17;9-8-13-6-5(10-3-11-6)7(14-8)12-4-1-2-4;2*6-3-2-4(9-1-8-2)11-5(7)10-3;6-5-9-3-2(4(11)10-5)7-1-8-3;6-4-3-5(9-1-7-3)10-2-8-4;6-5-7-1-3-4(10-5)9-2-8-3;1-3-2-7-5(9)8-4(3)6;1-3-2-6-5(9)7-4(3)8;5-2-1-7-4(9)8-3(2)6;5-3-1-2-6-4(8)7-3;7-3-1-2-5-4(8)6-3/h3H,1-2H2,(H,16,17)(H4,10,11,12,13,14,15);3-4H,1-2H2,(H4,9,10,11,12,13,14);1H,(H3,7,8,9,10,11);1H,(H5,6,7,8,9,10,11);1H,(H4,6,7,8,9,10,11);2*1-2H,(H3,6,7,8,9,10);2H,1H3,(H3,6,7,8,9);2H,1H3,(H2,6,7,8,9);1H,(H3,6,7,8,9);1-2H,(H3,5,6,7,8);1-2H,(H2,5,6,7,8). The summed E-state index contributed by atoms with van der Waals surface area (Å²) >= 11 is 5.70. The van der Waals surface area contributed by atoms with Gasteiger partial charge in [0.25, 0.3) is 16.7 Å². The number of aliphatic carboxylic acids is 1. The van der Waals surface area contributed by atoms with Gasteiger partial charge in [-0.05, 0) is 45.6 Å². The van der Waals surface area contributed by atoms with Crippen LogP contribution in [0, 0.1) is 19.7 Å². The number of nitrogens with zero attached hydrogens (tertiary/aromatic N) is 23. The molecule has 0 radical (unpaired) electrons. The molecule has 656 valence electrons. The molecule has 0 atom stereocenters. The van der Waals surface area contributed by atoms with Crippen molar-refractivity contribution >= 4 is 172 Å². The fraction of sp³-hybridized carbons (Fsp3) is 0.125. The average Bonchev–Trinajstić information content (AvgIpc) is 1.61. The molecule has 61 nitrogen and oxygen atoms in total. The van der Waals surface area contributed by atoms with Gasteiger partial charge in [-0.15, -0.1) is 0 Å². The molecule has 0 aromatic carbocycles. The van der Waals surface area contributed by atoms with E-state index in [9.17, 15) is 47.5 Å². The zero-order valence-corrected chi connectivity index (χ0v) is 65.9. The van der Waals surface area contributed by atoms with E-state index in [-0.39, 0.29) is 58.2 Å². The summed E-state index contributed by atoms with van der Waals surface area (Å²) in [4.78, 5) is 219. The number of imidazole rings is 7. The number of fused-ring (bicyclic) bond motifs is 7. The number of halogens is 2.